The summed E-state index contributed by atoms with van der Waals surface area (Å²) >= 11 is 6.02. The average Bonchev–Trinajstić information content (AvgIpc) is 3.26. The molecule has 32 heavy (non-hydrogen) atoms. The number of benzene rings is 3. The number of amides is 1. The summed E-state index contributed by atoms with van der Waals surface area (Å²) in [7, 11) is 0. The minimum Gasteiger partial charge on any atom is -0.455 e. The van der Waals surface area contributed by atoms with E-state index in [1.165, 1.54) is 17.7 Å². The lowest BCUT2D eigenvalue weighted by Gasteiger charge is -2.21. The molecule has 0 fully saturated rings. The highest BCUT2D eigenvalue weighted by molar-refractivity contribution is 6.30. The van der Waals surface area contributed by atoms with Gasteiger partial charge in [0.2, 0.25) is 0 Å². The predicted octanol–water partition coefficient (Wildman–Crippen LogP) is 6.53. The van der Waals surface area contributed by atoms with Crippen molar-refractivity contribution in [2.24, 2.45) is 0 Å². The topological polar surface area (TPSA) is 45.5 Å². The van der Waals surface area contributed by atoms with E-state index in [4.69, 9.17) is 16.0 Å². The quantitative estimate of drug-likeness (QED) is 0.333. The summed E-state index contributed by atoms with van der Waals surface area (Å²) in [6.45, 7) is 1.90. The first-order chi connectivity index (χ1) is 15.6. The van der Waals surface area contributed by atoms with E-state index in [0.717, 1.165) is 5.56 Å². The van der Waals surface area contributed by atoms with Crippen molar-refractivity contribution in [1.82, 2.24) is 4.90 Å². The Labute approximate surface area is 191 Å². The first-order valence-electron chi connectivity index (χ1n) is 10.2. The number of para-hydroxylation sites is 1. The molecule has 0 unspecified atom stereocenters. The minimum absolute atomic E-state index is 0.115. The summed E-state index contributed by atoms with van der Waals surface area (Å²) in [6, 6.07) is 27.3. The molecule has 0 saturated carbocycles. The lowest BCUT2D eigenvalue weighted by atomic mass is 10.1. The second-order valence-electron chi connectivity index (χ2n) is 7.46. The molecule has 0 bridgehead atoms. The molecule has 0 radical (unpaired) electrons. The molecule has 0 aliphatic carbocycles. The number of nitrogens with zero attached hydrogens (tertiary/aromatic N) is 1. The standard InChI is InChI=1S/C26H22ClFN2O2/c27-21-12-10-20(11-13-21)17-30(16-19-6-2-1-3-7-19)18-22-14-15-25(32-22)26(31)29-24-9-5-4-8-23(24)28/h1-15H,16-18H2,(H,29,31). The van der Waals surface area contributed by atoms with Gasteiger partial charge in [0.15, 0.2) is 5.76 Å². The van der Waals surface area contributed by atoms with E-state index < -0.39 is 11.7 Å². The summed E-state index contributed by atoms with van der Waals surface area (Å²) in [4.78, 5) is 14.7. The van der Waals surface area contributed by atoms with Crippen LogP contribution >= 0.6 is 11.6 Å². The first kappa shape index (κ1) is 21.8. The molecule has 3 aromatic carbocycles. The SMILES string of the molecule is O=C(Nc1ccccc1F)c1ccc(CN(Cc2ccccc2)Cc2ccc(Cl)cc2)o1. The van der Waals surface area contributed by atoms with Crippen LogP contribution in [0.4, 0.5) is 10.1 Å². The highest BCUT2D eigenvalue weighted by Gasteiger charge is 2.16. The van der Waals surface area contributed by atoms with Crippen molar-refractivity contribution < 1.29 is 13.6 Å². The number of hydrogen-bond donors (Lipinski definition) is 1. The highest BCUT2D eigenvalue weighted by Crippen LogP contribution is 2.19. The monoisotopic (exact) mass is 448 g/mol. The van der Waals surface area contributed by atoms with Crippen LogP contribution in [0.25, 0.3) is 0 Å². The molecule has 0 atom stereocenters. The average molecular weight is 449 g/mol. The Hall–Kier alpha value is -3.41. The minimum atomic E-state index is -0.496. The zero-order chi connectivity index (χ0) is 22.3. The van der Waals surface area contributed by atoms with E-state index in [1.807, 2.05) is 42.5 Å². The van der Waals surface area contributed by atoms with Crippen LogP contribution in [0.5, 0.6) is 0 Å². The summed E-state index contributed by atoms with van der Waals surface area (Å²) < 4.78 is 19.6. The molecule has 0 aliphatic rings. The Bertz CT molecular complexity index is 1180. The van der Waals surface area contributed by atoms with Crippen LogP contribution < -0.4 is 5.32 Å². The molecule has 0 aliphatic heterocycles. The van der Waals surface area contributed by atoms with Gasteiger partial charge in [-0.1, -0.05) is 66.2 Å². The fraction of sp³-hybridized carbons (Fsp3) is 0.115. The zero-order valence-electron chi connectivity index (χ0n) is 17.3. The Morgan fingerprint density at radius 3 is 2.19 bits per heavy atom. The molecular formula is C26H22ClFN2O2. The van der Waals surface area contributed by atoms with E-state index in [0.29, 0.717) is 30.4 Å². The van der Waals surface area contributed by atoms with Crippen molar-refractivity contribution >= 4 is 23.2 Å². The lowest BCUT2D eigenvalue weighted by Crippen LogP contribution is -2.22. The van der Waals surface area contributed by atoms with E-state index in [-0.39, 0.29) is 11.4 Å². The second-order valence-corrected chi connectivity index (χ2v) is 7.89. The number of carbonyl (C=O) groups excluding carboxylic acids is 1. The molecular weight excluding hydrogens is 427 g/mol. The summed E-state index contributed by atoms with van der Waals surface area (Å²) in [5.74, 6) is -0.207. The van der Waals surface area contributed by atoms with Crippen molar-refractivity contribution in [2.75, 3.05) is 5.32 Å². The lowest BCUT2D eigenvalue weighted by molar-refractivity contribution is 0.0991. The molecule has 0 spiro atoms. The molecule has 4 nitrogen and oxygen atoms in total. The van der Waals surface area contributed by atoms with Gasteiger partial charge in [-0.2, -0.15) is 0 Å². The largest absolute Gasteiger partial charge is 0.455 e. The third-order valence-corrected chi connectivity index (χ3v) is 5.21. The third-order valence-electron chi connectivity index (χ3n) is 4.96. The van der Waals surface area contributed by atoms with Gasteiger partial charge in [-0.3, -0.25) is 9.69 Å². The van der Waals surface area contributed by atoms with Crippen LogP contribution in [0.1, 0.15) is 27.4 Å². The van der Waals surface area contributed by atoms with Crippen molar-refractivity contribution in [3.63, 3.8) is 0 Å². The van der Waals surface area contributed by atoms with Gasteiger partial charge in [0.05, 0.1) is 12.2 Å². The Kier molecular flexibility index (Phi) is 7.00. The van der Waals surface area contributed by atoms with Gasteiger partial charge in [-0.25, -0.2) is 4.39 Å². The van der Waals surface area contributed by atoms with Crippen molar-refractivity contribution in [1.29, 1.82) is 0 Å². The Morgan fingerprint density at radius 1 is 0.812 bits per heavy atom. The van der Waals surface area contributed by atoms with Crippen LogP contribution in [0.2, 0.25) is 5.02 Å². The summed E-state index contributed by atoms with van der Waals surface area (Å²) in [6.07, 6.45) is 0. The molecule has 162 valence electrons. The fourth-order valence-electron chi connectivity index (χ4n) is 3.41. The molecule has 1 aromatic heterocycles. The van der Waals surface area contributed by atoms with Crippen LogP contribution in [0.15, 0.2) is 95.4 Å². The van der Waals surface area contributed by atoms with Crippen molar-refractivity contribution in [2.45, 2.75) is 19.6 Å². The fourth-order valence-corrected chi connectivity index (χ4v) is 3.54. The third kappa shape index (κ3) is 5.84. The molecule has 1 N–H and O–H groups in total. The van der Waals surface area contributed by atoms with Crippen molar-refractivity contribution in [3.8, 4) is 0 Å². The van der Waals surface area contributed by atoms with Gasteiger partial charge in [-0.05, 0) is 47.5 Å². The maximum atomic E-state index is 13.8. The summed E-state index contributed by atoms with van der Waals surface area (Å²) in [5.41, 5.74) is 2.41. The van der Waals surface area contributed by atoms with Gasteiger partial charge in [-0.15, -0.1) is 0 Å². The van der Waals surface area contributed by atoms with E-state index in [2.05, 4.69) is 22.3 Å². The van der Waals surface area contributed by atoms with E-state index in [1.54, 1.807) is 24.3 Å². The van der Waals surface area contributed by atoms with E-state index >= 15 is 0 Å². The van der Waals surface area contributed by atoms with Gasteiger partial charge < -0.3 is 9.73 Å². The van der Waals surface area contributed by atoms with Gasteiger partial charge in [0.1, 0.15) is 11.6 Å². The van der Waals surface area contributed by atoms with Gasteiger partial charge in [0, 0.05) is 18.1 Å². The number of carbonyl (C=O) groups is 1. The normalized spacial score (nSPS) is 11.0. The van der Waals surface area contributed by atoms with Crippen LogP contribution in [0.3, 0.4) is 0 Å². The van der Waals surface area contributed by atoms with E-state index in [9.17, 15) is 9.18 Å². The first-order valence-corrected chi connectivity index (χ1v) is 10.6. The summed E-state index contributed by atoms with van der Waals surface area (Å²) in [5, 5.41) is 3.24. The highest BCUT2D eigenvalue weighted by atomic mass is 35.5. The predicted molar refractivity (Wildman–Crippen MR) is 124 cm³/mol. The number of halogens is 2. The number of anilines is 1. The van der Waals surface area contributed by atoms with Crippen LogP contribution in [-0.4, -0.2) is 10.8 Å². The molecule has 6 heteroatoms. The van der Waals surface area contributed by atoms with Gasteiger partial charge in [0.25, 0.3) is 5.91 Å². The number of nitrogens with one attached hydrogen (secondary N) is 1. The Balaban J connectivity index is 1.47. The second kappa shape index (κ2) is 10.3. The van der Waals surface area contributed by atoms with Crippen molar-refractivity contribution in [3.05, 3.63) is 124 Å². The molecule has 0 saturated heterocycles. The van der Waals surface area contributed by atoms with Crippen LogP contribution in [-0.2, 0) is 19.6 Å². The Morgan fingerprint density at radius 2 is 1.47 bits per heavy atom. The number of rotatable bonds is 8. The van der Waals surface area contributed by atoms with Gasteiger partial charge >= 0.3 is 0 Å². The molecule has 4 aromatic rings. The molecule has 1 amide bonds. The smallest absolute Gasteiger partial charge is 0.291 e. The molecule has 1 heterocycles. The number of hydrogen-bond acceptors (Lipinski definition) is 3. The maximum absolute atomic E-state index is 13.8. The number of furan rings is 1. The van der Waals surface area contributed by atoms with Crippen LogP contribution in [0, 0.1) is 5.82 Å². The zero-order valence-corrected chi connectivity index (χ0v) is 18.1. The maximum Gasteiger partial charge on any atom is 0.291 e. The molecule has 4 rings (SSSR count).